The van der Waals surface area contributed by atoms with Crippen LogP contribution in [0.1, 0.15) is 27.5 Å². The van der Waals surface area contributed by atoms with E-state index in [2.05, 4.69) is 5.32 Å². The molecule has 2 rings (SSSR count). The fraction of sp³-hybridized carbons (Fsp3) is 0.200. The van der Waals surface area contributed by atoms with Gasteiger partial charge in [-0.3, -0.25) is 9.59 Å². The van der Waals surface area contributed by atoms with E-state index in [1.807, 2.05) is 0 Å². The Hall–Kier alpha value is -1.88. The van der Waals surface area contributed by atoms with Gasteiger partial charge in [-0.1, -0.05) is 12.1 Å². The molecule has 1 unspecified atom stereocenters. The number of carbonyl (C=O) groups is 2. The van der Waals surface area contributed by atoms with Gasteiger partial charge in [-0.05, 0) is 17.2 Å². The number of benzene rings is 1. The molecule has 1 heterocycles. The molecule has 0 saturated carbocycles. The van der Waals surface area contributed by atoms with Gasteiger partial charge in [0.2, 0.25) is 0 Å². The molecule has 78 valence electrons. The molecule has 1 aromatic rings. The lowest BCUT2D eigenvalue weighted by Gasteiger charge is -2.07. The molecular weight excluding hydrogens is 196 g/mol. The fourth-order valence-electron chi connectivity index (χ4n) is 1.57. The van der Waals surface area contributed by atoms with Crippen LogP contribution in [0.3, 0.4) is 0 Å². The van der Waals surface area contributed by atoms with Gasteiger partial charge in [0, 0.05) is 12.1 Å². The second kappa shape index (κ2) is 3.36. The van der Waals surface area contributed by atoms with Crippen molar-refractivity contribution in [3.05, 3.63) is 34.9 Å². The molecule has 1 aliphatic rings. The van der Waals surface area contributed by atoms with Crippen LogP contribution in [0.4, 0.5) is 0 Å². The molecule has 1 atom stereocenters. The van der Waals surface area contributed by atoms with Gasteiger partial charge in [0.05, 0.1) is 0 Å². The van der Waals surface area contributed by atoms with Crippen molar-refractivity contribution in [3.8, 4) is 0 Å². The lowest BCUT2D eigenvalue weighted by Crippen LogP contribution is -2.21. The smallest absolute Gasteiger partial charge is 0.325 e. The third kappa shape index (κ3) is 1.57. The number of nitrogens with two attached hydrogens (primary N) is 1. The van der Waals surface area contributed by atoms with Crippen LogP contribution in [0.5, 0.6) is 0 Å². The predicted molar refractivity (Wildman–Crippen MR) is 52.2 cm³/mol. The Morgan fingerprint density at radius 2 is 2.27 bits per heavy atom. The average molecular weight is 206 g/mol. The molecule has 0 spiro atoms. The Balaban J connectivity index is 2.41. The highest BCUT2D eigenvalue weighted by Gasteiger charge is 2.22. The second-order valence-electron chi connectivity index (χ2n) is 3.42. The van der Waals surface area contributed by atoms with Crippen LogP contribution in [-0.4, -0.2) is 17.0 Å². The van der Waals surface area contributed by atoms with E-state index in [-0.39, 0.29) is 5.91 Å². The summed E-state index contributed by atoms with van der Waals surface area (Å²) in [5.74, 6) is -1.28. The fourth-order valence-corrected chi connectivity index (χ4v) is 1.57. The second-order valence-corrected chi connectivity index (χ2v) is 3.42. The van der Waals surface area contributed by atoms with Crippen molar-refractivity contribution < 1.29 is 14.7 Å². The Morgan fingerprint density at radius 3 is 2.93 bits per heavy atom. The molecule has 0 aliphatic carbocycles. The largest absolute Gasteiger partial charge is 0.480 e. The van der Waals surface area contributed by atoms with Crippen molar-refractivity contribution in [3.63, 3.8) is 0 Å². The van der Waals surface area contributed by atoms with Crippen molar-refractivity contribution in [2.45, 2.75) is 12.6 Å². The van der Waals surface area contributed by atoms with Crippen LogP contribution >= 0.6 is 0 Å². The standard InChI is InChI=1S/C10H10N2O3/c11-8(10(14)15)5-1-2-6-4-12-9(13)7(6)3-5/h1-3,8H,4,11H2,(H,12,13)(H,14,15). The lowest BCUT2D eigenvalue weighted by atomic mass is 10.0. The third-order valence-corrected chi connectivity index (χ3v) is 2.44. The number of rotatable bonds is 2. The van der Waals surface area contributed by atoms with Crippen LogP contribution in [0.15, 0.2) is 18.2 Å². The summed E-state index contributed by atoms with van der Waals surface area (Å²) in [7, 11) is 0. The summed E-state index contributed by atoms with van der Waals surface area (Å²) in [6, 6.07) is 3.82. The number of amides is 1. The van der Waals surface area contributed by atoms with E-state index in [0.29, 0.717) is 17.7 Å². The van der Waals surface area contributed by atoms with Crippen LogP contribution in [0.2, 0.25) is 0 Å². The number of fused-ring (bicyclic) bond motifs is 1. The van der Waals surface area contributed by atoms with E-state index in [4.69, 9.17) is 10.8 Å². The van der Waals surface area contributed by atoms with E-state index in [1.165, 1.54) is 6.07 Å². The van der Waals surface area contributed by atoms with Gasteiger partial charge in [-0.25, -0.2) is 0 Å². The molecule has 0 aromatic heterocycles. The number of hydrogen-bond acceptors (Lipinski definition) is 3. The van der Waals surface area contributed by atoms with Gasteiger partial charge >= 0.3 is 5.97 Å². The summed E-state index contributed by atoms with van der Waals surface area (Å²) in [5, 5.41) is 11.4. The predicted octanol–water partition coefficient (Wildman–Crippen LogP) is 0.0144. The van der Waals surface area contributed by atoms with Gasteiger partial charge < -0.3 is 16.2 Å². The van der Waals surface area contributed by atoms with Crippen molar-refractivity contribution in [1.82, 2.24) is 5.32 Å². The van der Waals surface area contributed by atoms with Gasteiger partial charge in [0.1, 0.15) is 6.04 Å². The first kappa shape index (κ1) is 9.67. The van der Waals surface area contributed by atoms with E-state index in [0.717, 1.165) is 5.56 Å². The molecule has 0 radical (unpaired) electrons. The normalized spacial score (nSPS) is 15.7. The molecule has 0 bridgehead atoms. The Kier molecular flexibility index (Phi) is 2.17. The molecule has 4 N–H and O–H groups in total. The zero-order valence-corrected chi connectivity index (χ0v) is 7.86. The van der Waals surface area contributed by atoms with Gasteiger partial charge in [-0.2, -0.15) is 0 Å². The number of hydrogen-bond donors (Lipinski definition) is 3. The first-order chi connectivity index (χ1) is 7.09. The molecule has 5 heteroatoms. The highest BCUT2D eigenvalue weighted by Crippen LogP contribution is 2.20. The SMILES string of the molecule is NC(C(=O)O)c1ccc2c(c1)C(=O)NC2. The molecule has 1 aromatic carbocycles. The lowest BCUT2D eigenvalue weighted by molar-refractivity contribution is -0.138. The summed E-state index contributed by atoms with van der Waals surface area (Å²) >= 11 is 0. The first-order valence-electron chi connectivity index (χ1n) is 4.49. The van der Waals surface area contributed by atoms with Crippen LogP contribution in [0, 0.1) is 0 Å². The number of carboxylic acid groups (broad SMARTS) is 1. The number of aliphatic carboxylic acids is 1. The van der Waals surface area contributed by atoms with Gasteiger partial charge in [-0.15, -0.1) is 0 Å². The quantitative estimate of drug-likeness (QED) is 0.635. The summed E-state index contributed by atoms with van der Waals surface area (Å²) in [5.41, 5.74) is 7.28. The highest BCUT2D eigenvalue weighted by molar-refractivity contribution is 5.98. The minimum Gasteiger partial charge on any atom is -0.480 e. The maximum absolute atomic E-state index is 11.3. The molecule has 0 saturated heterocycles. The third-order valence-electron chi connectivity index (χ3n) is 2.44. The Morgan fingerprint density at radius 1 is 1.53 bits per heavy atom. The topological polar surface area (TPSA) is 92.4 Å². The Bertz CT molecular complexity index is 442. The molecule has 1 amide bonds. The van der Waals surface area contributed by atoms with E-state index >= 15 is 0 Å². The van der Waals surface area contributed by atoms with E-state index in [1.54, 1.807) is 12.1 Å². The maximum atomic E-state index is 11.3. The minimum atomic E-state index is -1.10. The molecule has 1 aliphatic heterocycles. The summed E-state index contributed by atoms with van der Waals surface area (Å²) in [6.45, 7) is 0.497. The van der Waals surface area contributed by atoms with Crippen molar-refractivity contribution in [1.29, 1.82) is 0 Å². The number of nitrogens with one attached hydrogen (secondary N) is 1. The Labute approximate surface area is 85.9 Å². The van der Waals surface area contributed by atoms with Crippen LogP contribution < -0.4 is 11.1 Å². The molecule has 15 heavy (non-hydrogen) atoms. The van der Waals surface area contributed by atoms with Crippen molar-refractivity contribution in [2.75, 3.05) is 0 Å². The van der Waals surface area contributed by atoms with Crippen molar-refractivity contribution >= 4 is 11.9 Å². The summed E-state index contributed by atoms with van der Waals surface area (Å²) in [4.78, 5) is 22.0. The van der Waals surface area contributed by atoms with Crippen LogP contribution in [-0.2, 0) is 11.3 Å². The highest BCUT2D eigenvalue weighted by atomic mass is 16.4. The van der Waals surface area contributed by atoms with E-state index in [9.17, 15) is 9.59 Å². The molecule has 5 nitrogen and oxygen atoms in total. The number of carbonyl (C=O) groups excluding carboxylic acids is 1. The van der Waals surface area contributed by atoms with Crippen molar-refractivity contribution in [2.24, 2.45) is 5.73 Å². The first-order valence-corrected chi connectivity index (χ1v) is 4.49. The molecular formula is C10H10N2O3. The maximum Gasteiger partial charge on any atom is 0.325 e. The summed E-state index contributed by atoms with van der Waals surface area (Å²) in [6.07, 6.45) is 0. The van der Waals surface area contributed by atoms with Gasteiger partial charge in [0.25, 0.3) is 5.91 Å². The van der Waals surface area contributed by atoms with Gasteiger partial charge in [0.15, 0.2) is 0 Å². The zero-order valence-electron chi connectivity index (χ0n) is 7.86. The van der Waals surface area contributed by atoms with E-state index < -0.39 is 12.0 Å². The summed E-state index contributed by atoms with van der Waals surface area (Å²) < 4.78 is 0. The van der Waals surface area contributed by atoms with Crippen LogP contribution in [0.25, 0.3) is 0 Å². The zero-order chi connectivity index (χ0) is 11.0. The molecule has 0 fully saturated rings. The average Bonchev–Trinajstić information content (AvgIpc) is 2.59. The minimum absolute atomic E-state index is 0.176. The number of carboxylic acids is 1. The monoisotopic (exact) mass is 206 g/mol.